The molecule has 0 atom stereocenters. The maximum absolute atomic E-state index is 14.4. The number of imidazole rings is 1. The van der Waals surface area contributed by atoms with Crippen LogP contribution in [0.25, 0.3) is 33.4 Å². The Bertz CT molecular complexity index is 2280. The molecule has 6 rings (SSSR count). The van der Waals surface area contributed by atoms with Crippen LogP contribution in [0.1, 0.15) is 32.9 Å². The van der Waals surface area contributed by atoms with Crippen LogP contribution in [0.4, 0.5) is 10.1 Å². The van der Waals surface area contributed by atoms with Gasteiger partial charge in [-0.1, -0.05) is 36.4 Å². The first kappa shape index (κ1) is 33.5. The summed E-state index contributed by atoms with van der Waals surface area (Å²) in [6.45, 7) is 0.789. The maximum atomic E-state index is 14.4. The SMILES string of the molecule is COCCn1c(Cc2ccc(-c3cccc(OCc4ccc(C#N)cc4F)n3)cc2-c2cccc([N+](=O)[O-])c2)nc2ccc(C(=O)OC)cc21. The van der Waals surface area contributed by atoms with E-state index in [4.69, 9.17) is 24.5 Å². The lowest BCUT2D eigenvalue weighted by Gasteiger charge is -2.15. The van der Waals surface area contributed by atoms with Gasteiger partial charge in [-0.15, -0.1) is 0 Å². The molecule has 0 amide bonds. The Morgan fingerprint density at radius 2 is 1.76 bits per heavy atom. The number of esters is 1. The summed E-state index contributed by atoms with van der Waals surface area (Å²) in [5.74, 6) is -0.0227. The average molecular weight is 672 g/mol. The van der Waals surface area contributed by atoms with E-state index >= 15 is 0 Å². The van der Waals surface area contributed by atoms with Crippen LogP contribution in [0.3, 0.4) is 0 Å². The number of nitrogens with zero attached hydrogens (tertiary/aromatic N) is 5. The van der Waals surface area contributed by atoms with Crippen molar-refractivity contribution in [2.45, 2.75) is 19.6 Å². The fourth-order valence-electron chi connectivity index (χ4n) is 5.64. The fraction of sp³-hybridized carbons (Fsp3) is 0.158. The predicted octanol–water partition coefficient (Wildman–Crippen LogP) is 7.29. The van der Waals surface area contributed by atoms with Gasteiger partial charge in [-0.25, -0.2) is 19.2 Å². The standard InChI is InChI=1S/C38H30FN5O6/c1-48-16-15-43-35-20-28(38(45)49-2)13-14-34(35)41-36(43)21-26-11-12-27(19-31(26)25-5-3-6-30(18-25)44(46)47)33-7-4-8-37(42-33)50-23-29-10-9-24(22-40)17-32(29)39/h3-14,17-20H,15-16,21,23H2,1-2H3. The van der Waals surface area contributed by atoms with Crippen LogP contribution >= 0.6 is 0 Å². The number of methoxy groups -OCH3 is 2. The molecule has 0 saturated heterocycles. The molecule has 4 aromatic carbocycles. The van der Waals surface area contributed by atoms with Crippen LogP contribution in [0.15, 0.2) is 97.1 Å². The van der Waals surface area contributed by atoms with Gasteiger partial charge in [0, 0.05) is 49.4 Å². The molecular formula is C38H30FN5O6. The van der Waals surface area contributed by atoms with Gasteiger partial charge in [0.1, 0.15) is 18.2 Å². The van der Waals surface area contributed by atoms with Gasteiger partial charge in [0.25, 0.3) is 5.69 Å². The van der Waals surface area contributed by atoms with Gasteiger partial charge in [0.2, 0.25) is 5.88 Å². The second-order valence-electron chi connectivity index (χ2n) is 11.3. The smallest absolute Gasteiger partial charge is 0.337 e. The van der Waals surface area contributed by atoms with E-state index in [1.807, 2.05) is 41.0 Å². The Balaban J connectivity index is 1.39. The number of pyridine rings is 1. The van der Waals surface area contributed by atoms with Gasteiger partial charge >= 0.3 is 5.97 Å². The van der Waals surface area contributed by atoms with Crippen LogP contribution in [0.2, 0.25) is 0 Å². The van der Waals surface area contributed by atoms with Crippen LogP contribution in [-0.4, -0.2) is 46.3 Å². The summed E-state index contributed by atoms with van der Waals surface area (Å²) in [4.78, 5) is 33.1. The summed E-state index contributed by atoms with van der Waals surface area (Å²) in [6, 6.07) is 28.7. The van der Waals surface area contributed by atoms with Gasteiger partial charge in [0.05, 0.1) is 52.6 Å². The number of nitriles is 1. The monoisotopic (exact) mass is 671 g/mol. The number of rotatable bonds is 12. The highest BCUT2D eigenvalue weighted by Gasteiger charge is 2.18. The van der Waals surface area contributed by atoms with Gasteiger partial charge in [-0.2, -0.15) is 5.26 Å². The number of nitro groups is 1. The molecule has 0 aliphatic heterocycles. The molecular weight excluding hydrogens is 641 g/mol. The summed E-state index contributed by atoms with van der Waals surface area (Å²) in [7, 11) is 2.94. The highest BCUT2D eigenvalue weighted by molar-refractivity contribution is 5.93. The lowest BCUT2D eigenvalue weighted by molar-refractivity contribution is -0.384. The molecule has 250 valence electrons. The average Bonchev–Trinajstić information content (AvgIpc) is 3.49. The minimum Gasteiger partial charge on any atom is -0.473 e. The van der Waals surface area contributed by atoms with E-state index in [0.29, 0.717) is 47.7 Å². The van der Waals surface area contributed by atoms with E-state index < -0.39 is 16.7 Å². The number of carbonyl (C=O) groups excluding carboxylic acids is 1. The number of carbonyl (C=O) groups is 1. The van der Waals surface area contributed by atoms with Gasteiger partial charge in [-0.3, -0.25) is 10.1 Å². The van der Waals surface area contributed by atoms with Crippen molar-refractivity contribution >= 4 is 22.7 Å². The van der Waals surface area contributed by atoms with Crippen molar-refractivity contribution in [2.24, 2.45) is 0 Å². The summed E-state index contributed by atoms with van der Waals surface area (Å²) in [6.07, 6.45) is 0.358. The van der Waals surface area contributed by atoms with Crippen molar-refractivity contribution in [1.29, 1.82) is 5.26 Å². The molecule has 0 N–H and O–H groups in total. The molecule has 0 aliphatic rings. The number of nitro benzene ring substituents is 1. The first-order valence-electron chi connectivity index (χ1n) is 15.5. The van der Waals surface area contributed by atoms with Crippen LogP contribution < -0.4 is 4.74 Å². The van der Waals surface area contributed by atoms with E-state index in [-0.39, 0.29) is 29.3 Å². The predicted molar refractivity (Wildman–Crippen MR) is 183 cm³/mol. The lowest BCUT2D eigenvalue weighted by Crippen LogP contribution is -2.10. The number of ether oxygens (including phenoxy) is 3. The highest BCUT2D eigenvalue weighted by atomic mass is 19.1. The van der Waals surface area contributed by atoms with Crippen LogP contribution in [-0.2, 0) is 29.0 Å². The maximum Gasteiger partial charge on any atom is 0.337 e. The molecule has 0 radical (unpaired) electrons. The Kier molecular flexibility index (Phi) is 9.87. The lowest BCUT2D eigenvalue weighted by atomic mass is 9.94. The van der Waals surface area contributed by atoms with E-state index in [1.54, 1.807) is 43.5 Å². The summed E-state index contributed by atoms with van der Waals surface area (Å²) < 4.78 is 32.6. The number of fused-ring (bicyclic) bond motifs is 1. The van der Waals surface area contributed by atoms with Crippen molar-refractivity contribution < 1.29 is 28.3 Å². The first-order chi connectivity index (χ1) is 24.3. The number of benzene rings is 4. The van der Waals surface area contributed by atoms with Crippen molar-refractivity contribution in [3.8, 4) is 34.3 Å². The van der Waals surface area contributed by atoms with Gasteiger partial charge in [-0.05, 0) is 59.2 Å². The molecule has 0 aliphatic carbocycles. The van der Waals surface area contributed by atoms with E-state index in [9.17, 15) is 19.3 Å². The Morgan fingerprint density at radius 1 is 0.940 bits per heavy atom. The quantitative estimate of drug-likeness (QED) is 0.0745. The second kappa shape index (κ2) is 14.8. The van der Waals surface area contributed by atoms with E-state index in [2.05, 4.69) is 4.98 Å². The normalized spacial score (nSPS) is 10.9. The van der Waals surface area contributed by atoms with E-state index in [1.165, 1.54) is 31.4 Å². The third-order valence-electron chi connectivity index (χ3n) is 8.17. The number of non-ortho nitro benzene ring substituents is 1. The van der Waals surface area contributed by atoms with Crippen molar-refractivity contribution in [3.63, 3.8) is 0 Å². The molecule has 0 saturated carbocycles. The molecule has 0 spiro atoms. The molecule has 11 nitrogen and oxygen atoms in total. The third kappa shape index (κ3) is 7.18. The zero-order valence-corrected chi connectivity index (χ0v) is 27.1. The second-order valence-corrected chi connectivity index (χ2v) is 11.3. The first-order valence-corrected chi connectivity index (χ1v) is 15.5. The third-order valence-corrected chi connectivity index (χ3v) is 8.17. The number of aromatic nitrogens is 3. The largest absolute Gasteiger partial charge is 0.473 e. The molecule has 0 fully saturated rings. The summed E-state index contributed by atoms with van der Waals surface area (Å²) >= 11 is 0. The van der Waals surface area contributed by atoms with Gasteiger partial charge in [0.15, 0.2) is 0 Å². The minimum atomic E-state index is -0.544. The molecule has 2 heterocycles. The van der Waals surface area contributed by atoms with Crippen molar-refractivity contribution in [3.05, 3.63) is 141 Å². The molecule has 0 bridgehead atoms. The molecule has 2 aromatic heterocycles. The zero-order valence-electron chi connectivity index (χ0n) is 27.1. The number of halogens is 1. The number of hydrogen-bond donors (Lipinski definition) is 0. The fourth-order valence-corrected chi connectivity index (χ4v) is 5.64. The molecule has 12 heteroatoms. The van der Waals surface area contributed by atoms with Gasteiger partial charge < -0.3 is 18.8 Å². The van der Waals surface area contributed by atoms with Crippen LogP contribution in [0.5, 0.6) is 5.88 Å². The molecule has 0 unspecified atom stereocenters. The van der Waals surface area contributed by atoms with Crippen molar-refractivity contribution in [2.75, 3.05) is 20.8 Å². The Morgan fingerprint density at radius 3 is 2.52 bits per heavy atom. The Labute approximate surface area is 286 Å². The topological polar surface area (TPSA) is 142 Å². The number of hydrogen-bond acceptors (Lipinski definition) is 9. The van der Waals surface area contributed by atoms with Crippen molar-refractivity contribution in [1.82, 2.24) is 14.5 Å². The van der Waals surface area contributed by atoms with E-state index in [0.717, 1.165) is 28.3 Å². The summed E-state index contributed by atoms with van der Waals surface area (Å²) in [5, 5.41) is 20.7. The molecule has 6 aromatic rings. The van der Waals surface area contributed by atoms with Crippen LogP contribution in [0, 0.1) is 27.3 Å². The minimum absolute atomic E-state index is 0.0508. The Hall–Kier alpha value is -6.45. The molecule has 50 heavy (non-hydrogen) atoms. The zero-order chi connectivity index (χ0) is 35.2. The summed E-state index contributed by atoms with van der Waals surface area (Å²) in [5.41, 5.74) is 5.80. The highest BCUT2D eigenvalue weighted by Crippen LogP contribution is 2.33.